The molecule has 1 fully saturated rings. The van der Waals surface area contributed by atoms with Gasteiger partial charge in [0.15, 0.2) is 5.82 Å². The van der Waals surface area contributed by atoms with E-state index in [-0.39, 0.29) is 0 Å². The molecule has 5 heteroatoms. The number of methoxy groups -OCH3 is 1. The molecule has 5 nitrogen and oxygen atoms in total. The van der Waals surface area contributed by atoms with Crippen LogP contribution < -0.4 is 10.2 Å². The Morgan fingerprint density at radius 2 is 2.10 bits per heavy atom. The van der Waals surface area contributed by atoms with Crippen LogP contribution >= 0.6 is 0 Å². The summed E-state index contributed by atoms with van der Waals surface area (Å²) in [5, 5.41) is 3.37. The van der Waals surface area contributed by atoms with Gasteiger partial charge in [-0.2, -0.15) is 0 Å². The second-order valence-electron chi connectivity index (χ2n) is 5.78. The fourth-order valence-electron chi connectivity index (χ4n) is 2.36. The Kier molecular flexibility index (Phi) is 6.23. The number of rotatable bonds is 10. The number of aromatic nitrogens is 2. The molecule has 1 aliphatic rings. The van der Waals surface area contributed by atoms with Crippen LogP contribution in [0, 0.1) is 5.92 Å². The van der Waals surface area contributed by atoms with E-state index in [1.165, 1.54) is 12.8 Å². The molecule has 0 aliphatic heterocycles. The fraction of sp³-hybridized carbons (Fsp3) is 0.750. The van der Waals surface area contributed by atoms with Gasteiger partial charge in [-0.1, -0.05) is 13.8 Å². The highest BCUT2D eigenvalue weighted by molar-refractivity contribution is 5.49. The monoisotopic (exact) mass is 292 g/mol. The van der Waals surface area contributed by atoms with Gasteiger partial charge >= 0.3 is 0 Å². The van der Waals surface area contributed by atoms with E-state index in [0.717, 1.165) is 55.9 Å². The molecule has 1 aromatic rings. The standard InChI is InChI=1S/C16H28N4O/c1-4-8-17-14-10-16(19-15(18-14)12-21-3)20(9-5-2)11-13-6-7-13/h10,13H,4-9,11-12H2,1-3H3,(H,17,18,19). The van der Waals surface area contributed by atoms with Gasteiger partial charge in [0.1, 0.15) is 18.2 Å². The summed E-state index contributed by atoms with van der Waals surface area (Å²) in [7, 11) is 1.68. The Labute approximate surface area is 128 Å². The second kappa shape index (κ2) is 8.17. The SMILES string of the molecule is CCCNc1cc(N(CCC)CC2CC2)nc(COC)n1. The van der Waals surface area contributed by atoms with Crippen LogP contribution in [0.2, 0.25) is 0 Å². The van der Waals surface area contributed by atoms with Crippen molar-refractivity contribution in [2.45, 2.75) is 46.1 Å². The zero-order chi connectivity index (χ0) is 15.1. The first kappa shape index (κ1) is 16.0. The summed E-state index contributed by atoms with van der Waals surface area (Å²) in [6.07, 6.45) is 4.93. The van der Waals surface area contributed by atoms with Gasteiger partial charge in [-0.05, 0) is 31.6 Å². The van der Waals surface area contributed by atoms with Crippen LogP contribution in [0.5, 0.6) is 0 Å². The minimum Gasteiger partial charge on any atom is -0.377 e. The second-order valence-corrected chi connectivity index (χ2v) is 5.78. The summed E-state index contributed by atoms with van der Waals surface area (Å²) >= 11 is 0. The molecule has 0 unspecified atom stereocenters. The predicted molar refractivity (Wildman–Crippen MR) is 86.8 cm³/mol. The lowest BCUT2D eigenvalue weighted by Gasteiger charge is -2.24. The van der Waals surface area contributed by atoms with Gasteiger partial charge in [-0.25, -0.2) is 9.97 Å². The third-order valence-electron chi connectivity index (χ3n) is 3.58. The molecule has 1 saturated carbocycles. The Balaban J connectivity index is 2.17. The van der Waals surface area contributed by atoms with Crippen LogP contribution in [0.1, 0.15) is 45.4 Å². The van der Waals surface area contributed by atoms with Crippen LogP contribution in [0.25, 0.3) is 0 Å². The van der Waals surface area contributed by atoms with Gasteiger partial charge in [0.25, 0.3) is 0 Å². The molecule has 1 aliphatic carbocycles. The summed E-state index contributed by atoms with van der Waals surface area (Å²) in [6.45, 7) is 7.92. The van der Waals surface area contributed by atoms with Crippen molar-refractivity contribution in [2.75, 3.05) is 37.0 Å². The number of anilines is 2. The average Bonchev–Trinajstić information content (AvgIpc) is 3.29. The number of hydrogen-bond donors (Lipinski definition) is 1. The highest BCUT2D eigenvalue weighted by atomic mass is 16.5. The topological polar surface area (TPSA) is 50.3 Å². The lowest BCUT2D eigenvalue weighted by molar-refractivity contribution is 0.178. The molecule has 0 saturated heterocycles. The predicted octanol–water partition coefficient (Wildman–Crippen LogP) is 3.07. The number of nitrogens with zero attached hydrogens (tertiary/aromatic N) is 3. The van der Waals surface area contributed by atoms with Crippen molar-refractivity contribution in [1.29, 1.82) is 0 Å². The smallest absolute Gasteiger partial charge is 0.158 e. The van der Waals surface area contributed by atoms with Gasteiger partial charge in [-0.3, -0.25) is 0 Å². The van der Waals surface area contributed by atoms with Crippen molar-refractivity contribution in [1.82, 2.24) is 9.97 Å². The number of hydrogen-bond acceptors (Lipinski definition) is 5. The van der Waals surface area contributed by atoms with Gasteiger partial charge in [-0.15, -0.1) is 0 Å². The summed E-state index contributed by atoms with van der Waals surface area (Å²) in [5.41, 5.74) is 0. The summed E-state index contributed by atoms with van der Waals surface area (Å²) in [4.78, 5) is 11.6. The van der Waals surface area contributed by atoms with Crippen LogP contribution in [0.3, 0.4) is 0 Å². The maximum absolute atomic E-state index is 5.20. The molecule has 0 spiro atoms. The van der Waals surface area contributed by atoms with E-state index < -0.39 is 0 Å². The summed E-state index contributed by atoms with van der Waals surface area (Å²) < 4.78 is 5.20. The molecule has 118 valence electrons. The van der Waals surface area contributed by atoms with E-state index in [1.54, 1.807) is 7.11 Å². The number of ether oxygens (including phenoxy) is 1. The molecular formula is C16H28N4O. The molecule has 21 heavy (non-hydrogen) atoms. The van der Waals surface area contributed by atoms with Crippen LogP contribution in [-0.4, -0.2) is 36.7 Å². The van der Waals surface area contributed by atoms with Crippen molar-refractivity contribution in [3.8, 4) is 0 Å². The van der Waals surface area contributed by atoms with Gasteiger partial charge in [0, 0.05) is 32.8 Å². The van der Waals surface area contributed by atoms with Crippen molar-refractivity contribution in [3.63, 3.8) is 0 Å². The molecule has 0 bridgehead atoms. The first-order valence-electron chi connectivity index (χ1n) is 8.12. The number of nitrogens with one attached hydrogen (secondary N) is 1. The maximum Gasteiger partial charge on any atom is 0.158 e. The van der Waals surface area contributed by atoms with Crippen LogP contribution in [0.15, 0.2) is 6.07 Å². The third-order valence-corrected chi connectivity index (χ3v) is 3.58. The lowest BCUT2D eigenvalue weighted by atomic mass is 10.3. The summed E-state index contributed by atoms with van der Waals surface area (Å²) in [5.74, 6) is 3.55. The van der Waals surface area contributed by atoms with Crippen molar-refractivity contribution < 1.29 is 4.74 Å². The quantitative estimate of drug-likeness (QED) is 0.718. The third kappa shape index (κ3) is 5.16. The zero-order valence-corrected chi connectivity index (χ0v) is 13.6. The molecule has 2 rings (SSSR count). The minimum atomic E-state index is 0.456. The van der Waals surface area contributed by atoms with E-state index in [9.17, 15) is 0 Å². The Hall–Kier alpha value is -1.36. The normalized spacial score (nSPS) is 14.2. The average molecular weight is 292 g/mol. The Bertz CT molecular complexity index is 434. The molecule has 0 atom stereocenters. The molecule has 1 heterocycles. The van der Waals surface area contributed by atoms with E-state index in [0.29, 0.717) is 6.61 Å². The first-order chi connectivity index (χ1) is 10.3. The van der Waals surface area contributed by atoms with E-state index in [2.05, 4.69) is 40.1 Å². The van der Waals surface area contributed by atoms with Crippen molar-refractivity contribution in [3.05, 3.63) is 11.9 Å². The molecule has 0 amide bonds. The molecule has 1 aromatic heterocycles. The molecule has 0 aromatic carbocycles. The van der Waals surface area contributed by atoms with Gasteiger partial charge < -0.3 is 15.0 Å². The van der Waals surface area contributed by atoms with E-state index in [1.807, 2.05) is 0 Å². The van der Waals surface area contributed by atoms with E-state index in [4.69, 9.17) is 4.74 Å². The van der Waals surface area contributed by atoms with Gasteiger partial charge in [0.05, 0.1) is 0 Å². The zero-order valence-electron chi connectivity index (χ0n) is 13.6. The minimum absolute atomic E-state index is 0.456. The van der Waals surface area contributed by atoms with Crippen LogP contribution in [-0.2, 0) is 11.3 Å². The van der Waals surface area contributed by atoms with E-state index >= 15 is 0 Å². The highest BCUT2D eigenvalue weighted by Gasteiger charge is 2.25. The lowest BCUT2D eigenvalue weighted by Crippen LogP contribution is -2.28. The highest BCUT2D eigenvalue weighted by Crippen LogP contribution is 2.31. The molecule has 0 radical (unpaired) electrons. The van der Waals surface area contributed by atoms with Gasteiger partial charge in [0.2, 0.25) is 0 Å². The Morgan fingerprint density at radius 3 is 2.71 bits per heavy atom. The first-order valence-corrected chi connectivity index (χ1v) is 8.12. The van der Waals surface area contributed by atoms with Crippen LogP contribution in [0.4, 0.5) is 11.6 Å². The largest absolute Gasteiger partial charge is 0.377 e. The fourth-order valence-corrected chi connectivity index (χ4v) is 2.36. The maximum atomic E-state index is 5.20. The Morgan fingerprint density at radius 1 is 1.29 bits per heavy atom. The molecule has 1 N–H and O–H groups in total. The van der Waals surface area contributed by atoms with Crippen molar-refractivity contribution >= 4 is 11.6 Å². The van der Waals surface area contributed by atoms with Crippen molar-refractivity contribution in [2.24, 2.45) is 5.92 Å². The summed E-state index contributed by atoms with van der Waals surface area (Å²) in [6, 6.07) is 2.08. The molecular weight excluding hydrogens is 264 g/mol.